The van der Waals surface area contributed by atoms with Crippen molar-refractivity contribution in [2.75, 3.05) is 0 Å². The van der Waals surface area contributed by atoms with Crippen LogP contribution in [0.5, 0.6) is 0 Å². The van der Waals surface area contributed by atoms with Crippen LogP contribution in [0.1, 0.15) is 22.7 Å². The highest BCUT2D eigenvalue weighted by atomic mass is 79.9. The molecule has 0 spiro atoms. The molecule has 0 saturated heterocycles. The Morgan fingerprint density at radius 2 is 2.05 bits per heavy atom. The lowest BCUT2D eigenvalue weighted by molar-refractivity contribution is -0.138. The van der Waals surface area contributed by atoms with Crippen LogP contribution >= 0.6 is 15.9 Å². The van der Waals surface area contributed by atoms with E-state index in [0.717, 1.165) is 6.07 Å². The molecule has 0 fully saturated rings. The van der Waals surface area contributed by atoms with E-state index in [4.69, 9.17) is 5.73 Å². The number of nitrogens with zero attached hydrogens (tertiary/aromatic N) is 2. The van der Waals surface area contributed by atoms with E-state index < -0.39 is 17.8 Å². The number of rotatable bonds is 2. The molecule has 0 aliphatic rings. The van der Waals surface area contributed by atoms with Gasteiger partial charge in [-0.05, 0) is 17.7 Å². The Kier molecular flexibility index (Phi) is 3.69. The molecular formula is C12H11BrF3N3. The quantitative estimate of drug-likeness (QED) is 0.916. The third-order valence-corrected chi connectivity index (χ3v) is 3.23. The summed E-state index contributed by atoms with van der Waals surface area (Å²) in [6.07, 6.45) is -1.38. The summed E-state index contributed by atoms with van der Waals surface area (Å²) in [7, 11) is 1.68. The van der Waals surface area contributed by atoms with Gasteiger partial charge in [0, 0.05) is 23.3 Å². The zero-order valence-electron chi connectivity index (χ0n) is 9.95. The summed E-state index contributed by atoms with van der Waals surface area (Å²) in [5.41, 5.74) is 5.74. The summed E-state index contributed by atoms with van der Waals surface area (Å²) in [6.45, 7) is 0. The first-order chi connectivity index (χ1) is 8.79. The van der Waals surface area contributed by atoms with E-state index in [9.17, 15) is 13.2 Å². The molecule has 2 rings (SSSR count). The predicted molar refractivity (Wildman–Crippen MR) is 68.4 cm³/mol. The van der Waals surface area contributed by atoms with Crippen LogP contribution in [0.25, 0.3) is 0 Å². The molecular weight excluding hydrogens is 323 g/mol. The lowest BCUT2D eigenvalue weighted by atomic mass is 9.97. The number of halogens is 4. The maximum Gasteiger partial charge on any atom is 0.416 e. The first-order valence-electron chi connectivity index (χ1n) is 5.40. The minimum Gasteiger partial charge on any atom is -0.320 e. The van der Waals surface area contributed by atoms with Crippen molar-refractivity contribution < 1.29 is 13.2 Å². The van der Waals surface area contributed by atoms with Gasteiger partial charge in [0.2, 0.25) is 0 Å². The number of alkyl halides is 3. The number of nitrogens with two attached hydrogens (primary N) is 1. The molecule has 3 nitrogen and oxygen atoms in total. The Labute approximate surface area is 116 Å². The molecule has 0 aliphatic carbocycles. The van der Waals surface area contributed by atoms with Gasteiger partial charge in [-0.1, -0.05) is 22.0 Å². The maximum absolute atomic E-state index is 13.0. The first kappa shape index (κ1) is 14.1. The number of aryl methyl sites for hydroxylation is 1. The fourth-order valence-electron chi connectivity index (χ4n) is 1.83. The topological polar surface area (TPSA) is 43.8 Å². The molecule has 0 saturated carbocycles. The van der Waals surface area contributed by atoms with E-state index in [1.54, 1.807) is 19.3 Å². The van der Waals surface area contributed by atoms with Crippen LogP contribution in [0.3, 0.4) is 0 Å². The van der Waals surface area contributed by atoms with Crippen LogP contribution in [0.4, 0.5) is 13.2 Å². The molecule has 1 heterocycles. The summed E-state index contributed by atoms with van der Waals surface area (Å²) < 4.78 is 40.9. The highest BCUT2D eigenvalue weighted by molar-refractivity contribution is 9.10. The largest absolute Gasteiger partial charge is 0.416 e. The molecule has 2 aromatic rings. The van der Waals surface area contributed by atoms with Crippen LogP contribution < -0.4 is 5.73 Å². The van der Waals surface area contributed by atoms with Crippen molar-refractivity contribution >= 4 is 15.9 Å². The summed E-state index contributed by atoms with van der Waals surface area (Å²) in [4.78, 5) is 0. The highest BCUT2D eigenvalue weighted by Gasteiger charge is 2.35. The van der Waals surface area contributed by atoms with Gasteiger partial charge in [-0.2, -0.15) is 18.3 Å². The van der Waals surface area contributed by atoms with Gasteiger partial charge in [-0.15, -0.1) is 0 Å². The minimum absolute atomic E-state index is 0.0312. The van der Waals surface area contributed by atoms with Gasteiger partial charge in [0.05, 0.1) is 17.8 Å². The van der Waals surface area contributed by atoms with E-state index in [0.29, 0.717) is 10.0 Å². The fourth-order valence-corrected chi connectivity index (χ4v) is 2.19. The van der Waals surface area contributed by atoms with Gasteiger partial charge in [0.25, 0.3) is 0 Å². The van der Waals surface area contributed by atoms with Gasteiger partial charge >= 0.3 is 6.18 Å². The van der Waals surface area contributed by atoms with Crippen molar-refractivity contribution in [2.45, 2.75) is 12.2 Å². The second-order valence-corrected chi connectivity index (χ2v) is 5.07. The molecule has 2 N–H and O–H groups in total. The molecule has 0 bridgehead atoms. The van der Waals surface area contributed by atoms with Crippen molar-refractivity contribution in [3.05, 3.63) is 51.8 Å². The van der Waals surface area contributed by atoms with Gasteiger partial charge in [0.1, 0.15) is 0 Å². The molecule has 0 radical (unpaired) electrons. The van der Waals surface area contributed by atoms with Gasteiger partial charge in [-0.3, -0.25) is 4.68 Å². The third kappa shape index (κ3) is 2.98. The van der Waals surface area contributed by atoms with E-state index in [-0.39, 0.29) is 5.56 Å². The standard InChI is InChI=1S/C12H11BrF3N3/c1-19-6-7(5-18-19)11(17)9-3-2-8(13)4-10(9)12(14,15)16/h2-6,11H,17H2,1H3. The Morgan fingerprint density at radius 3 is 2.58 bits per heavy atom. The van der Waals surface area contributed by atoms with Gasteiger partial charge < -0.3 is 5.73 Å². The van der Waals surface area contributed by atoms with E-state index in [1.165, 1.54) is 16.9 Å². The Bertz CT molecular complexity index is 592. The SMILES string of the molecule is Cn1cc(C(N)c2ccc(Br)cc2C(F)(F)F)cn1. The molecule has 1 unspecified atom stereocenters. The van der Waals surface area contributed by atoms with Gasteiger partial charge in [0.15, 0.2) is 0 Å². The Morgan fingerprint density at radius 1 is 1.37 bits per heavy atom. The molecule has 1 atom stereocenters. The lowest BCUT2D eigenvalue weighted by Gasteiger charge is -2.17. The average molecular weight is 334 g/mol. The fraction of sp³-hybridized carbons (Fsp3) is 0.250. The third-order valence-electron chi connectivity index (χ3n) is 2.74. The second kappa shape index (κ2) is 4.97. The molecule has 102 valence electrons. The number of hydrogen-bond acceptors (Lipinski definition) is 2. The Balaban J connectivity index is 2.50. The minimum atomic E-state index is -4.45. The van der Waals surface area contributed by atoms with Crippen LogP contribution in [0.15, 0.2) is 35.1 Å². The second-order valence-electron chi connectivity index (χ2n) is 4.15. The smallest absolute Gasteiger partial charge is 0.320 e. The normalized spacial score (nSPS) is 13.6. The predicted octanol–water partition coefficient (Wildman–Crippen LogP) is 3.25. The summed E-state index contributed by atoms with van der Waals surface area (Å²) in [5.74, 6) is 0. The lowest BCUT2D eigenvalue weighted by Crippen LogP contribution is -2.18. The number of benzene rings is 1. The number of aromatic nitrogens is 2. The summed E-state index contributed by atoms with van der Waals surface area (Å²) in [5, 5.41) is 3.92. The molecule has 0 aliphatic heterocycles. The molecule has 1 aromatic carbocycles. The van der Waals surface area contributed by atoms with Crippen LogP contribution in [-0.4, -0.2) is 9.78 Å². The first-order valence-corrected chi connectivity index (χ1v) is 6.19. The van der Waals surface area contributed by atoms with E-state index in [1.807, 2.05) is 0 Å². The molecule has 0 amide bonds. The van der Waals surface area contributed by atoms with Crippen molar-refractivity contribution in [2.24, 2.45) is 12.8 Å². The van der Waals surface area contributed by atoms with Crippen LogP contribution in [-0.2, 0) is 13.2 Å². The van der Waals surface area contributed by atoms with Gasteiger partial charge in [-0.25, -0.2) is 0 Å². The zero-order chi connectivity index (χ0) is 14.2. The molecule has 19 heavy (non-hydrogen) atoms. The van der Waals surface area contributed by atoms with E-state index >= 15 is 0 Å². The maximum atomic E-state index is 13.0. The highest BCUT2D eigenvalue weighted by Crippen LogP contribution is 2.37. The molecule has 7 heteroatoms. The Hall–Kier alpha value is -1.34. The van der Waals surface area contributed by atoms with Crippen molar-refractivity contribution in [3.63, 3.8) is 0 Å². The van der Waals surface area contributed by atoms with Crippen molar-refractivity contribution in [1.82, 2.24) is 9.78 Å². The zero-order valence-corrected chi connectivity index (χ0v) is 11.5. The summed E-state index contributed by atoms with van der Waals surface area (Å²) in [6, 6.07) is 3.09. The van der Waals surface area contributed by atoms with E-state index in [2.05, 4.69) is 21.0 Å². The summed E-state index contributed by atoms with van der Waals surface area (Å²) >= 11 is 3.04. The average Bonchev–Trinajstić information content (AvgIpc) is 2.74. The van der Waals surface area contributed by atoms with Crippen molar-refractivity contribution in [3.8, 4) is 0 Å². The van der Waals surface area contributed by atoms with Crippen LogP contribution in [0, 0.1) is 0 Å². The van der Waals surface area contributed by atoms with Crippen molar-refractivity contribution in [1.29, 1.82) is 0 Å². The monoisotopic (exact) mass is 333 g/mol. The number of hydrogen-bond donors (Lipinski definition) is 1. The molecule has 1 aromatic heterocycles. The van der Waals surface area contributed by atoms with Crippen LogP contribution in [0.2, 0.25) is 0 Å².